The number of hydrogen-bond donors (Lipinski definition) is 0. The number of nitriles is 1. The summed E-state index contributed by atoms with van der Waals surface area (Å²) in [4.78, 5) is -0.320. The molecule has 18 heavy (non-hydrogen) atoms. The number of nitrogens with zero attached hydrogens (tertiary/aromatic N) is 1. The van der Waals surface area contributed by atoms with Crippen molar-refractivity contribution in [3.8, 4) is 11.8 Å². The highest BCUT2D eigenvalue weighted by atomic mass is 35.7. The molecule has 1 rings (SSSR count). The van der Waals surface area contributed by atoms with Gasteiger partial charge in [0.05, 0.1) is 10.5 Å². The Bertz CT molecular complexity index is 596. The fraction of sp³-hybridized carbons (Fsp3) is 0.300. The van der Waals surface area contributed by atoms with Gasteiger partial charge in [-0.15, -0.1) is 0 Å². The Morgan fingerprint density at radius 1 is 1.50 bits per heavy atom. The van der Waals surface area contributed by atoms with Gasteiger partial charge in [-0.1, -0.05) is 6.92 Å². The molecule has 0 saturated heterocycles. The SMILES string of the molecule is CCc1cc(S(=O)(=O)Cl)cc(C#N)c1OC(F)F. The normalized spacial score (nSPS) is 11.3. The second-order valence-corrected chi connectivity index (χ2v) is 5.81. The van der Waals surface area contributed by atoms with Gasteiger partial charge in [0.1, 0.15) is 11.8 Å². The Balaban J connectivity index is 3.50. The van der Waals surface area contributed by atoms with Crippen LogP contribution in [-0.2, 0) is 15.5 Å². The summed E-state index contributed by atoms with van der Waals surface area (Å²) in [6.07, 6.45) is 0.219. The van der Waals surface area contributed by atoms with Crippen LogP contribution in [0.5, 0.6) is 5.75 Å². The van der Waals surface area contributed by atoms with Crippen LogP contribution in [0.1, 0.15) is 18.1 Å². The molecule has 0 N–H and O–H groups in total. The van der Waals surface area contributed by atoms with Gasteiger partial charge in [0, 0.05) is 10.7 Å². The van der Waals surface area contributed by atoms with E-state index in [1.807, 2.05) is 0 Å². The van der Waals surface area contributed by atoms with Gasteiger partial charge in [-0.2, -0.15) is 14.0 Å². The standard InChI is InChI=1S/C10H8ClF2NO3S/c1-2-6-3-8(18(11,15)16)4-7(5-14)9(6)17-10(12)13/h3-4,10H,2H2,1H3. The number of alkyl halides is 2. The Morgan fingerprint density at radius 3 is 2.50 bits per heavy atom. The minimum absolute atomic E-state index is 0.175. The number of hydrogen-bond acceptors (Lipinski definition) is 4. The molecule has 0 aliphatic rings. The van der Waals surface area contributed by atoms with Crippen molar-refractivity contribution < 1.29 is 21.9 Å². The molecule has 0 atom stereocenters. The smallest absolute Gasteiger partial charge is 0.387 e. The van der Waals surface area contributed by atoms with Gasteiger partial charge in [-0.25, -0.2) is 8.42 Å². The topological polar surface area (TPSA) is 67.2 Å². The lowest BCUT2D eigenvalue weighted by atomic mass is 10.1. The fourth-order valence-corrected chi connectivity index (χ4v) is 2.18. The molecule has 0 heterocycles. The molecule has 0 aliphatic heterocycles. The van der Waals surface area contributed by atoms with Crippen molar-refractivity contribution in [2.24, 2.45) is 0 Å². The fourth-order valence-electron chi connectivity index (χ4n) is 1.37. The zero-order chi connectivity index (χ0) is 13.9. The van der Waals surface area contributed by atoms with Crippen molar-refractivity contribution in [1.29, 1.82) is 5.26 Å². The summed E-state index contributed by atoms with van der Waals surface area (Å²) in [6.45, 7) is -1.49. The summed E-state index contributed by atoms with van der Waals surface area (Å²) in [6, 6.07) is 3.62. The summed E-state index contributed by atoms with van der Waals surface area (Å²) >= 11 is 0. The minimum Gasteiger partial charge on any atom is -0.433 e. The van der Waals surface area contributed by atoms with Crippen LogP contribution < -0.4 is 4.74 Å². The molecule has 0 bridgehead atoms. The van der Waals surface area contributed by atoms with E-state index in [0.29, 0.717) is 0 Å². The molecule has 1 aromatic carbocycles. The van der Waals surface area contributed by atoms with Crippen molar-refractivity contribution in [2.45, 2.75) is 24.9 Å². The van der Waals surface area contributed by atoms with E-state index in [-0.39, 0.29) is 28.2 Å². The van der Waals surface area contributed by atoms with Crippen molar-refractivity contribution in [2.75, 3.05) is 0 Å². The van der Waals surface area contributed by atoms with Gasteiger partial charge in [0.25, 0.3) is 9.05 Å². The van der Waals surface area contributed by atoms with E-state index in [1.165, 1.54) is 0 Å². The predicted octanol–water partition coefficient (Wildman–Crippen LogP) is 2.65. The molecule has 98 valence electrons. The minimum atomic E-state index is -4.04. The van der Waals surface area contributed by atoms with E-state index < -0.39 is 15.7 Å². The zero-order valence-corrected chi connectivity index (χ0v) is 10.7. The van der Waals surface area contributed by atoms with E-state index in [2.05, 4.69) is 4.74 Å². The van der Waals surface area contributed by atoms with Crippen LogP contribution in [0.15, 0.2) is 17.0 Å². The van der Waals surface area contributed by atoms with Crippen molar-refractivity contribution in [1.82, 2.24) is 0 Å². The predicted molar refractivity (Wildman–Crippen MR) is 60.2 cm³/mol. The molecule has 0 unspecified atom stereocenters. The third kappa shape index (κ3) is 3.31. The van der Waals surface area contributed by atoms with E-state index in [0.717, 1.165) is 12.1 Å². The first-order valence-corrected chi connectivity index (χ1v) is 7.07. The second kappa shape index (κ2) is 5.50. The first kappa shape index (κ1) is 14.7. The van der Waals surface area contributed by atoms with Gasteiger partial charge in [0.15, 0.2) is 0 Å². The summed E-state index contributed by atoms with van der Waals surface area (Å²) in [7, 11) is 1.11. The molecule has 0 aromatic heterocycles. The average molecular weight is 296 g/mol. The van der Waals surface area contributed by atoms with Gasteiger partial charge in [-0.3, -0.25) is 0 Å². The molecule has 0 aliphatic carbocycles. The van der Waals surface area contributed by atoms with Crippen LogP contribution >= 0.6 is 10.7 Å². The lowest BCUT2D eigenvalue weighted by Gasteiger charge is -2.12. The van der Waals surface area contributed by atoms with Gasteiger partial charge < -0.3 is 4.74 Å². The van der Waals surface area contributed by atoms with Crippen LogP contribution in [0.2, 0.25) is 0 Å². The second-order valence-electron chi connectivity index (χ2n) is 3.24. The van der Waals surface area contributed by atoms with E-state index in [4.69, 9.17) is 15.9 Å². The zero-order valence-electron chi connectivity index (χ0n) is 9.15. The molecule has 0 saturated carbocycles. The Kier molecular flexibility index (Phi) is 4.48. The van der Waals surface area contributed by atoms with Crippen LogP contribution in [-0.4, -0.2) is 15.0 Å². The Labute approximate surface area is 107 Å². The highest BCUT2D eigenvalue weighted by Gasteiger charge is 2.19. The van der Waals surface area contributed by atoms with E-state index >= 15 is 0 Å². The number of rotatable bonds is 4. The van der Waals surface area contributed by atoms with Crippen LogP contribution in [0, 0.1) is 11.3 Å². The van der Waals surface area contributed by atoms with Crippen molar-refractivity contribution in [3.05, 3.63) is 23.3 Å². The molecule has 0 fully saturated rings. The van der Waals surface area contributed by atoms with Crippen molar-refractivity contribution in [3.63, 3.8) is 0 Å². The highest BCUT2D eigenvalue weighted by Crippen LogP contribution is 2.30. The maximum absolute atomic E-state index is 12.2. The molecular weight excluding hydrogens is 288 g/mol. The first-order chi connectivity index (χ1) is 8.29. The number of halogens is 3. The Morgan fingerprint density at radius 2 is 2.11 bits per heavy atom. The number of aryl methyl sites for hydroxylation is 1. The van der Waals surface area contributed by atoms with Crippen molar-refractivity contribution >= 4 is 19.7 Å². The summed E-state index contributed by atoms with van der Waals surface area (Å²) in [5.74, 6) is -0.320. The maximum Gasteiger partial charge on any atom is 0.387 e. The monoisotopic (exact) mass is 295 g/mol. The van der Waals surface area contributed by atoms with E-state index in [9.17, 15) is 17.2 Å². The van der Waals surface area contributed by atoms with E-state index in [1.54, 1.807) is 13.0 Å². The first-order valence-electron chi connectivity index (χ1n) is 4.76. The number of ether oxygens (including phenoxy) is 1. The van der Waals surface area contributed by atoms with Crippen LogP contribution in [0.3, 0.4) is 0 Å². The lowest BCUT2D eigenvalue weighted by molar-refractivity contribution is -0.0506. The summed E-state index contributed by atoms with van der Waals surface area (Å²) in [5, 5.41) is 8.83. The van der Waals surface area contributed by atoms with Gasteiger partial charge >= 0.3 is 6.61 Å². The average Bonchev–Trinajstić information content (AvgIpc) is 2.26. The highest BCUT2D eigenvalue weighted by molar-refractivity contribution is 8.13. The third-order valence-corrected chi connectivity index (χ3v) is 3.46. The van der Waals surface area contributed by atoms with Gasteiger partial charge in [-0.05, 0) is 24.1 Å². The maximum atomic E-state index is 12.2. The molecule has 8 heteroatoms. The molecule has 4 nitrogen and oxygen atoms in total. The number of benzene rings is 1. The largest absolute Gasteiger partial charge is 0.433 e. The summed E-state index contributed by atoms with van der Waals surface area (Å²) < 4.78 is 51.0. The molecule has 1 aromatic rings. The lowest BCUT2D eigenvalue weighted by Crippen LogP contribution is -2.07. The molecular formula is C10H8ClF2NO3S. The summed E-state index contributed by atoms with van der Waals surface area (Å²) in [5.41, 5.74) is -0.123. The Hall–Kier alpha value is -1.39. The third-order valence-electron chi connectivity index (χ3n) is 2.13. The van der Waals surface area contributed by atoms with Gasteiger partial charge in [0.2, 0.25) is 0 Å². The van der Waals surface area contributed by atoms with Crippen LogP contribution in [0.4, 0.5) is 8.78 Å². The molecule has 0 radical (unpaired) electrons. The molecule has 0 spiro atoms. The quantitative estimate of drug-likeness (QED) is 0.801. The molecule has 0 amide bonds. The van der Waals surface area contributed by atoms with Crippen LogP contribution in [0.25, 0.3) is 0 Å².